The molecule has 0 bridgehead atoms. The van der Waals surface area contributed by atoms with Gasteiger partial charge in [0.1, 0.15) is 17.8 Å². The number of carbonyl (C=O) groups excluding carboxylic acids is 2. The Hall–Kier alpha value is -3.40. The maximum atomic E-state index is 12.9. The zero-order valence-electron chi connectivity index (χ0n) is 17.5. The van der Waals surface area contributed by atoms with Gasteiger partial charge >= 0.3 is 5.97 Å². The Kier molecular flexibility index (Phi) is 8.56. The van der Waals surface area contributed by atoms with Crippen LogP contribution in [0.4, 0.5) is 0 Å². The minimum absolute atomic E-state index is 0.0503. The second-order valence-corrected chi connectivity index (χ2v) is 7.85. The monoisotopic (exact) mass is 431 g/mol. The van der Waals surface area contributed by atoms with E-state index in [0.717, 1.165) is 0 Å². The molecule has 0 fully saturated rings. The third-order valence-corrected chi connectivity index (χ3v) is 4.66. The van der Waals surface area contributed by atoms with Gasteiger partial charge in [-0.05, 0) is 30.0 Å². The Morgan fingerprint density at radius 1 is 1.06 bits per heavy atom. The van der Waals surface area contributed by atoms with Crippen molar-refractivity contribution in [2.24, 2.45) is 11.7 Å². The van der Waals surface area contributed by atoms with E-state index in [1.54, 1.807) is 18.3 Å². The summed E-state index contributed by atoms with van der Waals surface area (Å²) in [5, 5.41) is 24.0. The van der Waals surface area contributed by atoms with Crippen molar-refractivity contribution in [1.29, 1.82) is 0 Å². The largest absolute Gasteiger partial charge is 0.508 e. The maximum absolute atomic E-state index is 12.9. The molecule has 1 aromatic carbocycles. The lowest BCUT2D eigenvalue weighted by atomic mass is 10.0. The molecule has 0 aliphatic heterocycles. The fraction of sp³-hybridized carbons (Fsp3) is 0.429. The molecule has 10 heteroatoms. The number of aromatic hydroxyl groups is 1. The van der Waals surface area contributed by atoms with Crippen molar-refractivity contribution in [1.82, 2.24) is 20.6 Å². The molecule has 7 N–H and O–H groups in total. The molecule has 1 aromatic heterocycles. The van der Waals surface area contributed by atoms with Crippen molar-refractivity contribution in [2.45, 2.75) is 51.2 Å². The Balaban J connectivity index is 2.14. The zero-order chi connectivity index (χ0) is 23.0. The van der Waals surface area contributed by atoms with Gasteiger partial charge in [0.25, 0.3) is 0 Å². The molecule has 2 amide bonds. The summed E-state index contributed by atoms with van der Waals surface area (Å²) in [5.41, 5.74) is 7.32. The SMILES string of the molecule is CC(C)C[C@H](NC(=O)[C@H](Cc1ccc(O)cc1)NC(=O)[C@@H](N)Cc1cnc[nH]1)C(=O)O. The molecule has 168 valence electrons. The van der Waals surface area contributed by atoms with Crippen LogP contribution in [0.2, 0.25) is 0 Å². The number of hydrogen-bond acceptors (Lipinski definition) is 6. The first-order valence-electron chi connectivity index (χ1n) is 10.00. The standard InChI is InChI=1S/C21H29N5O5/c1-12(2)7-18(21(30)31)26-20(29)17(8-13-3-5-15(27)6-4-13)25-19(28)16(22)9-14-10-23-11-24-14/h3-6,10-12,16-18,27H,7-9,22H2,1-2H3,(H,23,24)(H,25,28)(H,26,29)(H,30,31)/t16-,17-,18-/m0/s1. The zero-order valence-corrected chi connectivity index (χ0v) is 17.5. The van der Waals surface area contributed by atoms with Crippen LogP contribution in [0.1, 0.15) is 31.5 Å². The van der Waals surface area contributed by atoms with Crippen LogP contribution in [-0.4, -0.2) is 56.1 Å². The molecular formula is C21H29N5O5. The van der Waals surface area contributed by atoms with Gasteiger partial charge in [0, 0.05) is 24.7 Å². The van der Waals surface area contributed by atoms with E-state index in [4.69, 9.17) is 5.73 Å². The third kappa shape index (κ3) is 7.74. The highest BCUT2D eigenvalue weighted by Gasteiger charge is 2.28. The number of aromatic nitrogens is 2. The molecule has 0 unspecified atom stereocenters. The van der Waals surface area contributed by atoms with Gasteiger partial charge in [0.05, 0.1) is 12.4 Å². The molecule has 31 heavy (non-hydrogen) atoms. The summed E-state index contributed by atoms with van der Waals surface area (Å²) in [6.07, 6.45) is 3.58. The third-order valence-electron chi connectivity index (χ3n) is 4.66. The van der Waals surface area contributed by atoms with Crippen molar-refractivity contribution >= 4 is 17.8 Å². The van der Waals surface area contributed by atoms with E-state index in [2.05, 4.69) is 20.6 Å². The number of carbonyl (C=O) groups is 3. The van der Waals surface area contributed by atoms with Gasteiger partial charge in [-0.15, -0.1) is 0 Å². The molecule has 0 aliphatic rings. The maximum Gasteiger partial charge on any atom is 0.326 e. The van der Waals surface area contributed by atoms with Gasteiger partial charge in [0.2, 0.25) is 11.8 Å². The number of phenolic OH excluding ortho intramolecular Hbond substituents is 1. The number of amides is 2. The summed E-state index contributed by atoms with van der Waals surface area (Å²) in [5.74, 6) is -2.20. The minimum Gasteiger partial charge on any atom is -0.508 e. The van der Waals surface area contributed by atoms with Crippen LogP contribution in [0.3, 0.4) is 0 Å². The van der Waals surface area contributed by atoms with Crippen LogP contribution >= 0.6 is 0 Å². The van der Waals surface area contributed by atoms with E-state index in [1.807, 2.05) is 13.8 Å². The van der Waals surface area contributed by atoms with Gasteiger partial charge in [-0.2, -0.15) is 0 Å². The number of aromatic amines is 1. The fourth-order valence-electron chi connectivity index (χ4n) is 3.05. The van der Waals surface area contributed by atoms with Gasteiger partial charge in [0.15, 0.2) is 0 Å². The van der Waals surface area contributed by atoms with Crippen LogP contribution < -0.4 is 16.4 Å². The molecule has 1 heterocycles. The lowest BCUT2D eigenvalue weighted by Gasteiger charge is -2.23. The first-order valence-corrected chi connectivity index (χ1v) is 10.00. The number of nitrogens with zero attached hydrogens (tertiary/aromatic N) is 1. The lowest BCUT2D eigenvalue weighted by Crippen LogP contribution is -2.55. The van der Waals surface area contributed by atoms with Crippen molar-refractivity contribution in [3.63, 3.8) is 0 Å². The second kappa shape index (κ2) is 11.1. The Morgan fingerprint density at radius 2 is 1.71 bits per heavy atom. The van der Waals surface area contributed by atoms with E-state index in [-0.39, 0.29) is 30.9 Å². The summed E-state index contributed by atoms with van der Waals surface area (Å²) in [4.78, 5) is 43.8. The average molecular weight is 431 g/mol. The van der Waals surface area contributed by atoms with Crippen LogP contribution in [0, 0.1) is 5.92 Å². The molecule has 0 saturated heterocycles. The molecule has 0 spiro atoms. The van der Waals surface area contributed by atoms with Crippen LogP contribution in [0.15, 0.2) is 36.8 Å². The molecule has 0 saturated carbocycles. The predicted octanol–water partition coefficient (Wildman–Crippen LogP) is 0.328. The number of phenols is 1. The van der Waals surface area contributed by atoms with Crippen LogP contribution in [0.25, 0.3) is 0 Å². The van der Waals surface area contributed by atoms with Gasteiger partial charge in [-0.3, -0.25) is 9.59 Å². The van der Waals surface area contributed by atoms with Crippen LogP contribution in [0.5, 0.6) is 5.75 Å². The number of carboxylic acids is 1. The van der Waals surface area contributed by atoms with Crippen molar-refractivity contribution in [3.8, 4) is 5.75 Å². The van der Waals surface area contributed by atoms with E-state index in [9.17, 15) is 24.6 Å². The van der Waals surface area contributed by atoms with E-state index >= 15 is 0 Å². The molecular weight excluding hydrogens is 402 g/mol. The Bertz CT molecular complexity index is 867. The predicted molar refractivity (Wildman–Crippen MR) is 113 cm³/mol. The van der Waals surface area contributed by atoms with Crippen molar-refractivity contribution in [2.75, 3.05) is 0 Å². The quantitative estimate of drug-likeness (QED) is 0.298. The fourth-order valence-corrected chi connectivity index (χ4v) is 3.05. The number of hydrogen-bond donors (Lipinski definition) is 6. The number of H-pyrrole nitrogens is 1. The summed E-state index contributed by atoms with van der Waals surface area (Å²) >= 11 is 0. The highest BCUT2D eigenvalue weighted by molar-refractivity contribution is 5.92. The lowest BCUT2D eigenvalue weighted by molar-refractivity contribution is -0.142. The Morgan fingerprint density at radius 3 is 2.26 bits per heavy atom. The molecule has 2 rings (SSSR count). The summed E-state index contributed by atoms with van der Waals surface area (Å²) in [7, 11) is 0. The van der Waals surface area contributed by atoms with E-state index in [0.29, 0.717) is 11.3 Å². The number of rotatable bonds is 11. The highest BCUT2D eigenvalue weighted by atomic mass is 16.4. The van der Waals surface area contributed by atoms with Gasteiger partial charge in [-0.25, -0.2) is 9.78 Å². The average Bonchev–Trinajstić information content (AvgIpc) is 3.21. The second-order valence-electron chi connectivity index (χ2n) is 7.85. The number of nitrogens with two attached hydrogens (primary N) is 1. The van der Waals surface area contributed by atoms with Crippen molar-refractivity contribution in [3.05, 3.63) is 48.0 Å². The molecule has 0 radical (unpaired) electrons. The number of aliphatic carboxylic acids is 1. The first-order chi connectivity index (χ1) is 14.7. The number of imidazole rings is 1. The number of benzene rings is 1. The summed E-state index contributed by atoms with van der Waals surface area (Å²) in [6, 6.07) is 3.12. The van der Waals surface area contributed by atoms with E-state index in [1.165, 1.54) is 18.5 Å². The normalized spacial score (nSPS) is 13.9. The molecule has 0 aliphatic carbocycles. The van der Waals surface area contributed by atoms with E-state index < -0.39 is 35.9 Å². The Labute approximate surface area is 180 Å². The highest BCUT2D eigenvalue weighted by Crippen LogP contribution is 2.12. The number of carboxylic acid groups (broad SMARTS) is 1. The topological polar surface area (TPSA) is 170 Å². The summed E-state index contributed by atoms with van der Waals surface area (Å²) < 4.78 is 0. The van der Waals surface area contributed by atoms with Gasteiger partial charge < -0.3 is 31.6 Å². The first kappa shape index (κ1) is 23.9. The molecule has 3 atom stereocenters. The smallest absolute Gasteiger partial charge is 0.326 e. The minimum atomic E-state index is -1.15. The molecule has 10 nitrogen and oxygen atoms in total. The molecule has 2 aromatic rings. The summed E-state index contributed by atoms with van der Waals surface area (Å²) in [6.45, 7) is 3.71. The number of nitrogens with one attached hydrogen (secondary N) is 3. The van der Waals surface area contributed by atoms with Crippen molar-refractivity contribution < 1.29 is 24.6 Å². The van der Waals surface area contributed by atoms with Gasteiger partial charge in [-0.1, -0.05) is 26.0 Å². The van der Waals surface area contributed by atoms with Crippen LogP contribution in [-0.2, 0) is 27.2 Å².